The standard InChI is InChI=1S/C17H23N3O2.ClH/c1-17(2,3)16-20-13-10-12(4-5-14(13)22-16)19-15(21)11-6-8-18-9-7-11;/h4-5,10-11,18H,6-9H2,1-3H3,(H,19,21);1H. The number of benzene rings is 1. The van der Waals surface area contributed by atoms with Gasteiger partial charge < -0.3 is 15.1 Å². The zero-order valence-corrected chi connectivity index (χ0v) is 14.6. The number of hydrogen-bond donors (Lipinski definition) is 2. The van der Waals surface area contributed by atoms with Crippen molar-refractivity contribution in [3.8, 4) is 0 Å². The fraction of sp³-hybridized carbons (Fsp3) is 0.529. The Bertz CT molecular complexity index is 685. The highest BCUT2D eigenvalue weighted by Crippen LogP contribution is 2.27. The topological polar surface area (TPSA) is 67.2 Å². The summed E-state index contributed by atoms with van der Waals surface area (Å²) in [5.41, 5.74) is 2.19. The van der Waals surface area contributed by atoms with Crippen molar-refractivity contribution in [2.75, 3.05) is 18.4 Å². The first kappa shape index (κ1) is 17.8. The third kappa shape index (κ3) is 4.03. The van der Waals surface area contributed by atoms with Gasteiger partial charge in [-0.15, -0.1) is 12.4 Å². The van der Waals surface area contributed by atoms with Gasteiger partial charge in [-0.1, -0.05) is 20.8 Å². The fourth-order valence-electron chi connectivity index (χ4n) is 2.65. The van der Waals surface area contributed by atoms with E-state index in [1.165, 1.54) is 0 Å². The van der Waals surface area contributed by atoms with E-state index < -0.39 is 0 Å². The van der Waals surface area contributed by atoms with Gasteiger partial charge in [0, 0.05) is 17.0 Å². The molecule has 0 unspecified atom stereocenters. The predicted octanol–water partition coefficient (Wildman–Crippen LogP) is 3.49. The van der Waals surface area contributed by atoms with E-state index in [1.807, 2.05) is 18.2 Å². The van der Waals surface area contributed by atoms with Gasteiger partial charge in [0.2, 0.25) is 11.8 Å². The summed E-state index contributed by atoms with van der Waals surface area (Å²) in [6.07, 6.45) is 1.79. The maximum absolute atomic E-state index is 12.3. The average molecular weight is 338 g/mol. The van der Waals surface area contributed by atoms with Crippen LogP contribution in [-0.2, 0) is 10.2 Å². The minimum atomic E-state index is -0.127. The van der Waals surface area contributed by atoms with Crippen molar-refractivity contribution in [2.45, 2.75) is 39.0 Å². The summed E-state index contributed by atoms with van der Waals surface area (Å²) in [7, 11) is 0. The Kier molecular flexibility index (Phi) is 5.32. The number of halogens is 1. The Hall–Kier alpha value is -1.59. The van der Waals surface area contributed by atoms with Crippen molar-refractivity contribution in [3.63, 3.8) is 0 Å². The number of fused-ring (bicyclic) bond motifs is 1. The quantitative estimate of drug-likeness (QED) is 0.880. The molecule has 0 aliphatic carbocycles. The van der Waals surface area contributed by atoms with Crippen LogP contribution in [0.1, 0.15) is 39.5 Å². The lowest BCUT2D eigenvalue weighted by Crippen LogP contribution is -2.34. The highest BCUT2D eigenvalue weighted by molar-refractivity contribution is 5.94. The lowest BCUT2D eigenvalue weighted by Gasteiger charge is -2.21. The molecule has 2 N–H and O–H groups in total. The molecule has 1 aromatic heterocycles. The summed E-state index contributed by atoms with van der Waals surface area (Å²) in [5.74, 6) is 0.907. The monoisotopic (exact) mass is 337 g/mol. The van der Waals surface area contributed by atoms with Crippen LogP contribution < -0.4 is 10.6 Å². The Morgan fingerprint density at radius 2 is 2.00 bits per heavy atom. The lowest BCUT2D eigenvalue weighted by molar-refractivity contribution is -0.120. The fourth-order valence-corrected chi connectivity index (χ4v) is 2.65. The van der Waals surface area contributed by atoms with Gasteiger partial charge in [-0.05, 0) is 44.1 Å². The molecule has 3 rings (SSSR count). The molecule has 0 atom stereocenters. The number of piperidine rings is 1. The summed E-state index contributed by atoms with van der Waals surface area (Å²) >= 11 is 0. The molecule has 0 saturated carbocycles. The number of amides is 1. The molecule has 2 heterocycles. The second-order valence-electron chi connectivity index (χ2n) is 6.97. The normalized spacial score (nSPS) is 16.1. The zero-order chi connectivity index (χ0) is 15.7. The summed E-state index contributed by atoms with van der Waals surface area (Å²) in [6.45, 7) is 8.03. The number of nitrogens with one attached hydrogen (secondary N) is 2. The second-order valence-corrected chi connectivity index (χ2v) is 6.97. The van der Waals surface area contributed by atoms with Crippen molar-refractivity contribution in [1.82, 2.24) is 10.3 Å². The van der Waals surface area contributed by atoms with Crippen LogP contribution in [-0.4, -0.2) is 24.0 Å². The molecular formula is C17H24ClN3O2. The van der Waals surface area contributed by atoms with Crippen LogP contribution in [0.25, 0.3) is 11.1 Å². The number of aromatic nitrogens is 1. The Balaban J connectivity index is 0.00000192. The molecule has 0 bridgehead atoms. The molecule has 1 amide bonds. The van der Waals surface area contributed by atoms with E-state index in [4.69, 9.17) is 4.42 Å². The molecular weight excluding hydrogens is 314 g/mol. The van der Waals surface area contributed by atoms with Gasteiger partial charge >= 0.3 is 0 Å². The first-order chi connectivity index (χ1) is 10.4. The van der Waals surface area contributed by atoms with Crippen molar-refractivity contribution in [2.24, 2.45) is 5.92 Å². The van der Waals surface area contributed by atoms with E-state index >= 15 is 0 Å². The Morgan fingerprint density at radius 3 is 2.65 bits per heavy atom. The summed E-state index contributed by atoms with van der Waals surface area (Å²) < 4.78 is 5.78. The van der Waals surface area contributed by atoms with E-state index in [-0.39, 0.29) is 29.6 Å². The maximum atomic E-state index is 12.3. The smallest absolute Gasteiger partial charge is 0.227 e. The number of oxazole rings is 1. The predicted molar refractivity (Wildman–Crippen MR) is 94.2 cm³/mol. The number of carbonyl (C=O) groups is 1. The first-order valence-electron chi connectivity index (χ1n) is 7.86. The number of anilines is 1. The number of carbonyl (C=O) groups excluding carboxylic acids is 1. The molecule has 1 saturated heterocycles. The van der Waals surface area contributed by atoms with E-state index in [1.54, 1.807) is 0 Å². The van der Waals surface area contributed by atoms with Crippen LogP contribution in [0.4, 0.5) is 5.69 Å². The highest BCUT2D eigenvalue weighted by atomic mass is 35.5. The lowest BCUT2D eigenvalue weighted by atomic mass is 9.97. The molecule has 126 valence electrons. The molecule has 1 aliphatic heterocycles. The van der Waals surface area contributed by atoms with Gasteiger partial charge in [0.05, 0.1) is 0 Å². The van der Waals surface area contributed by atoms with Gasteiger partial charge in [-0.25, -0.2) is 4.98 Å². The van der Waals surface area contributed by atoms with Crippen LogP contribution in [0.3, 0.4) is 0 Å². The maximum Gasteiger partial charge on any atom is 0.227 e. The second kappa shape index (κ2) is 6.89. The van der Waals surface area contributed by atoms with Crippen LogP contribution in [0, 0.1) is 5.92 Å². The molecule has 0 radical (unpaired) electrons. The number of rotatable bonds is 2. The van der Waals surface area contributed by atoms with Gasteiger partial charge in [0.15, 0.2) is 5.58 Å². The van der Waals surface area contributed by atoms with Crippen LogP contribution >= 0.6 is 12.4 Å². The zero-order valence-electron chi connectivity index (χ0n) is 13.8. The molecule has 1 aliphatic rings. The Labute approximate surface area is 142 Å². The van der Waals surface area contributed by atoms with E-state index in [0.29, 0.717) is 5.89 Å². The number of nitrogens with zero attached hydrogens (tertiary/aromatic N) is 1. The third-order valence-corrected chi connectivity index (χ3v) is 4.01. The molecule has 23 heavy (non-hydrogen) atoms. The van der Waals surface area contributed by atoms with Crippen molar-refractivity contribution < 1.29 is 9.21 Å². The Morgan fingerprint density at radius 1 is 1.30 bits per heavy atom. The molecule has 1 aromatic carbocycles. The molecule has 5 nitrogen and oxygen atoms in total. The average Bonchev–Trinajstić information content (AvgIpc) is 2.91. The molecule has 2 aromatic rings. The van der Waals surface area contributed by atoms with Crippen molar-refractivity contribution in [3.05, 3.63) is 24.1 Å². The summed E-state index contributed by atoms with van der Waals surface area (Å²) in [6, 6.07) is 5.63. The van der Waals surface area contributed by atoms with E-state index in [9.17, 15) is 4.79 Å². The van der Waals surface area contributed by atoms with Crippen LogP contribution in [0.2, 0.25) is 0 Å². The summed E-state index contributed by atoms with van der Waals surface area (Å²) in [4.78, 5) is 16.8. The summed E-state index contributed by atoms with van der Waals surface area (Å²) in [5, 5.41) is 6.28. The molecule has 6 heteroatoms. The third-order valence-electron chi connectivity index (χ3n) is 4.01. The largest absolute Gasteiger partial charge is 0.440 e. The van der Waals surface area contributed by atoms with Crippen LogP contribution in [0.15, 0.2) is 22.6 Å². The van der Waals surface area contributed by atoms with Crippen molar-refractivity contribution in [1.29, 1.82) is 0 Å². The van der Waals surface area contributed by atoms with Crippen molar-refractivity contribution >= 4 is 35.1 Å². The van der Waals surface area contributed by atoms with Gasteiger partial charge in [0.25, 0.3) is 0 Å². The van der Waals surface area contributed by atoms with E-state index in [0.717, 1.165) is 42.7 Å². The number of hydrogen-bond acceptors (Lipinski definition) is 4. The minimum absolute atomic E-state index is 0. The molecule has 0 spiro atoms. The minimum Gasteiger partial charge on any atom is -0.440 e. The molecule has 1 fully saturated rings. The van der Waals surface area contributed by atoms with Gasteiger partial charge in [-0.2, -0.15) is 0 Å². The van der Waals surface area contributed by atoms with Gasteiger partial charge in [0.1, 0.15) is 5.52 Å². The van der Waals surface area contributed by atoms with E-state index in [2.05, 4.69) is 36.4 Å². The highest BCUT2D eigenvalue weighted by Gasteiger charge is 2.22. The first-order valence-corrected chi connectivity index (χ1v) is 7.86. The van der Waals surface area contributed by atoms with Gasteiger partial charge in [-0.3, -0.25) is 4.79 Å². The SMILES string of the molecule is CC(C)(C)c1nc2cc(NC(=O)C3CCNCC3)ccc2o1.Cl. The van der Waals surface area contributed by atoms with Crippen LogP contribution in [0.5, 0.6) is 0 Å².